The lowest BCUT2D eigenvalue weighted by Crippen LogP contribution is -2.36. The van der Waals surface area contributed by atoms with Crippen LogP contribution in [0, 0.1) is 3.57 Å². The number of aliphatic carboxylic acids is 1. The van der Waals surface area contributed by atoms with Crippen molar-refractivity contribution in [3.8, 4) is 0 Å². The van der Waals surface area contributed by atoms with Crippen molar-refractivity contribution in [3.63, 3.8) is 0 Å². The van der Waals surface area contributed by atoms with Crippen molar-refractivity contribution in [2.24, 2.45) is 5.73 Å². The fourth-order valence-corrected chi connectivity index (χ4v) is 2.44. The van der Waals surface area contributed by atoms with Crippen LogP contribution in [0.4, 0.5) is 0 Å². The van der Waals surface area contributed by atoms with E-state index in [1.807, 2.05) is 6.92 Å². The number of amides is 1. The summed E-state index contributed by atoms with van der Waals surface area (Å²) >= 11 is 2.26. The number of benzene rings is 1. The van der Waals surface area contributed by atoms with E-state index in [2.05, 4.69) is 52.2 Å². The average Bonchev–Trinajstić information content (AvgIpc) is 2.46. The Morgan fingerprint density at radius 1 is 1.27 bits per heavy atom. The lowest BCUT2D eigenvalue weighted by molar-refractivity contribution is -0.138. The van der Waals surface area contributed by atoms with Crippen LogP contribution in [0.25, 0.3) is 0 Å². The maximum atomic E-state index is 11.8. The first-order valence-electron chi connectivity index (χ1n) is 7.40. The van der Waals surface area contributed by atoms with Crippen molar-refractivity contribution in [2.75, 3.05) is 0 Å². The number of rotatable bonds is 9. The van der Waals surface area contributed by atoms with Crippen LogP contribution in [0.3, 0.4) is 0 Å². The number of carbonyl (C=O) groups is 2. The molecule has 1 aromatic carbocycles. The van der Waals surface area contributed by atoms with E-state index in [9.17, 15) is 9.59 Å². The second-order valence-corrected chi connectivity index (χ2v) is 6.72. The average molecular weight is 418 g/mol. The van der Waals surface area contributed by atoms with Crippen LogP contribution in [-0.2, 0) is 16.0 Å². The van der Waals surface area contributed by atoms with Crippen LogP contribution < -0.4 is 11.1 Å². The molecule has 0 aliphatic carbocycles. The molecule has 122 valence electrons. The zero-order valence-electron chi connectivity index (χ0n) is 12.7. The summed E-state index contributed by atoms with van der Waals surface area (Å²) < 4.78 is 1.20. The molecule has 1 aromatic rings. The Morgan fingerprint density at radius 2 is 1.91 bits per heavy atom. The molecule has 0 fully saturated rings. The maximum Gasteiger partial charge on any atom is 0.320 e. The van der Waals surface area contributed by atoms with Crippen LogP contribution in [-0.4, -0.2) is 29.1 Å². The summed E-state index contributed by atoms with van der Waals surface area (Å²) in [6.45, 7) is 1.87. The highest BCUT2D eigenvalue weighted by Gasteiger charge is 2.14. The molecule has 0 bridgehead atoms. The van der Waals surface area contributed by atoms with E-state index in [4.69, 9.17) is 10.8 Å². The van der Waals surface area contributed by atoms with E-state index < -0.39 is 12.0 Å². The third-order valence-electron chi connectivity index (χ3n) is 3.42. The second-order valence-electron chi connectivity index (χ2n) is 5.47. The number of halogens is 1. The van der Waals surface area contributed by atoms with E-state index in [0.29, 0.717) is 19.3 Å². The molecule has 0 radical (unpaired) electrons. The molecule has 0 aromatic heterocycles. The van der Waals surface area contributed by atoms with E-state index in [0.717, 1.165) is 12.8 Å². The van der Waals surface area contributed by atoms with Crippen molar-refractivity contribution in [1.29, 1.82) is 0 Å². The fourth-order valence-electron chi connectivity index (χ4n) is 2.08. The fraction of sp³-hybridized carbons (Fsp3) is 0.500. The summed E-state index contributed by atoms with van der Waals surface area (Å²) in [5, 5.41) is 11.6. The summed E-state index contributed by atoms with van der Waals surface area (Å²) in [6, 6.07) is 7.36. The van der Waals surface area contributed by atoms with Gasteiger partial charge in [-0.15, -0.1) is 0 Å². The first kappa shape index (κ1) is 18.9. The van der Waals surface area contributed by atoms with Gasteiger partial charge in [0.05, 0.1) is 0 Å². The minimum Gasteiger partial charge on any atom is -0.480 e. The van der Waals surface area contributed by atoms with Crippen LogP contribution in [0.5, 0.6) is 0 Å². The third kappa shape index (κ3) is 7.74. The zero-order valence-corrected chi connectivity index (χ0v) is 14.9. The Balaban J connectivity index is 2.19. The van der Waals surface area contributed by atoms with Crippen LogP contribution in [0.2, 0.25) is 0 Å². The SMILES string of the molecule is CC(CCC(N)C(=O)O)NC(=O)CCCc1ccc(I)cc1. The molecule has 22 heavy (non-hydrogen) atoms. The van der Waals surface area contributed by atoms with Crippen LogP contribution in [0.15, 0.2) is 24.3 Å². The molecule has 1 amide bonds. The highest BCUT2D eigenvalue weighted by Crippen LogP contribution is 2.09. The summed E-state index contributed by atoms with van der Waals surface area (Å²) in [7, 11) is 0. The van der Waals surface area contributed by atoms with Gasteiger partial charge in [-0.25, -0.2) is 0 Å². The Kier molecular flexibility index (Phi) is 8.40. The van der Waals surface area contributed by atoms with Gasteiger partial charge in [0.1, 0.15) is 6.04 Å². The third-order valence-corrected chi connectivity index (χ3v) is 4.14. The standard InChI is InChI=1S/C16H23IN2O3/c1-11(5-10-14(18)16(21)22)19-15(20)4-2-3-12-6-8-13(17)9-7-12/h6-9,11,14H,2-5,10,18H2,1H3,(H,19,20)(H,21,22). The van der Waals surface area contributed by atoms with E-state index in [1.54, 1.807) is 0 Å². The molecule has 1 rings (SSSR count). The zero-order chi connectivity index (χ0) is 16.5. The van der Waals surface area contributed by atoms with Gasteiger partial charge in [-0.3, -0.25) is 9.59 Å². The van der Waals surface area contributed by atoms with Crippen molar-refractivity contribution < 1.29 is 14.7 Å². The number of carboxylic acid groups (broad SMARTS) is 1. The predicted octanol–water partition coefficient (Wildman–Crippen LogP) is 2.31. The second kappa shape index (κ2) is 9.78. The minimum absolute atomic E-state index is 0.00177. The Bertz CT molecular complexity index is 491. The van der Waals surface area contributed by atoms with E-state index in [-0.39, 0.29) is 11.9 Å². The predicted molar refractivity (Wildman–Crippen MR) is 94.5 cm³/mol. The number of aryl methyl sites for hydroxylation is 1. The van der Waals surface area contributed by atoms with Gasteiger partial charge in [-0.1, -0.05) is 12.1 Å². The van der Waals surface area contributed by atoms with Gasteiger partial charge < -0.3 is 16.2 Å². The number of nitrogens with one attached hydrogen (secondary N) is 1. The van der Waals surface area contributed by atoms with Crippen molar-refractivity contribution >= 4 is 34.5 Å². The number of carbonyl (C=O) groups excluding carboxylic acids is 1. The highest BCUT2D eigenvalue weighted by atomic mass is 127. The Labute approximate surface area is 144 Å². The molecular formula is C16H23IN2O3. The molecule has 4 N–H and O–H groups in total. The van der Waals surface area contributed by atoms with Crippen molar-refractivity contribution in [2.45, 2.75) is 51.1 Å². The molecule has 0 saturated carbocycles. The van der Waals surface area contributed by atoms with Crippen LogP contribution >= 0.6 is 22.6 Å². The van der Waals surface area contributed by atoms with Gasteiger partial charge in [-0.2, -0.15) is 0 Å². The summed E-state index contributed by atoms with van der Waals surface area (Å²) in [5.74, 6) is -1.00. The largest absolute Gasteiger partial charge is 0.480 e. The molecule has 0 aliphatic heterocycles. The lowest BCUT2D eigenvalue weighted by atomic mass is 10.1. The number of carboxylic acids is 1. The molecule has 6 heteroatoms. The quantitative estimate of drug-likeness (QED) is 0.537. The number of nitrogens with two attached hydrogens (primary N) is 1. The Morgan fingerprint density at radius 3 is 2.50 bits per heavy atom. The lowest BCUT2D eigenvalue weighted by Gasteiger charge is -2.15. The first-order chi connectivity index (χ1) is 10.4. The topological polar surface area (TPSA) is 92.4 Å². The van der Waals surface area contributed by atoms with Crippen LogP contribution in [0.1, 0.15) is 38.2 Å². The van der Waals surface area contributed by atoms with Gasteiger partial charge in [0.2, 0.25) is 5.91 Å². The van der Waals surface area contributed by atoms with Gasteiger partial charge in [0.15, 0.2) is 0 Å². The summed E-state index contributed by atoms with van der Waals surface area (Å²) in [6.07, 6.45) is 3.08. The number of hydrogen-bond donors (Lipinski definition) is 3. The van der Waals surface area contributed by atoms with E-state index in [1.165, 1.54) is 9.13 Å². The van der Waals surface area contributed by atoms with Gasteiger partial charge in [0.25, 0.3) is 0 Å². The van der Waals surface area contributed by atoms with Gasteiger partial charge >= 0.3 is 5.97 Å². The van der Waals surface area contributed by atoms with Crippen molar-refractivity contribution in [1.82, 2.24) is 5.32 Å². The van der Waals surface area contributed by atoms with E-state index >= 15 is 0 Å². The highest BCUT2D eigenvalue weighted by molar-refractivity contribution is 14.1. The molecule has 0 spiro atoms. The smallest absolute Gasteiger partial charge is 0.320 e. The van der Waals surface area contributed by atoms with Gasteiger partial charge in [0, 0.05) is 16.0 Å². The van der Waals surface area contributed by atoms with Gasteiger partial charge in [-0.05, 0) is 72.9 Å². The molecule has 5 nitrogen and oxygen atoms in total. The molecule has 0 heterocycles. The number of hydrogen-bond acceptors (Lipinski definition) is 3. The molecule has 0 saturated heterocycles. The first-order valence-corrected chi connectivity index (χ1v) is 8.48. The Hall–Kier alpha value is -1.15. The molecule has 2 unspecified atom stereocenters. The molecule has 2 atom stereocenters. The molecule has 0 aliphatic rings. The minimum atomic E-state index is -1.00. The summed E-state index contributed by atoms with van der Waals surface area (Å²) in [5.41, 5.74) is 6.67. The normalized spacial score (nSPS) is 13.4. The maximum absolute atomic E-state index is 11.8. The monoisotopic (exact) mass is 418 g/mol. The molecular weight excluding hydrogens is 395 g/mol. The summed E-state index contributed by atoms with van der Waals surface area (Å²) in [4.78, 5) is 22.4. The van der Waals surface area contributed by atoms with Crippen molar-refractivity contribution in [3.05, 3.63) is 33.4 Å².